The van der Waals surface area contributed by atoms with Gasteiger partial charge in [0.1, 0.15) is 0 Å². The first-order valence-electron chi connectivity index (χ1n) is 9.31. The molecule has 0 bridgehead atoms. The molecule has 136 valence electrons. The molecule has 2 fully saturated rings. The third-order valence-corrected chi connectivity index (χ3v) is 5.41. The van der Waals surface area contributed by atoms with Crippen LogP contribution in [-0.2, 0) is 16.0 Å². The molecule has 0 atom stereocenters. The van der Waals surface area contributed by atoms with E-state index in [0.29, 0.717) is 18.4 Å². The van der Waals surface area contributed by atoms with Gasteiger partial charge in [0.2, 0.25) is 5.91 Å². The van der Waals surface area contributed by atoms with Crippen LogP contribution in [0.4, 0.5) is 0 Å². The van der Waals surface area contributed by atoms with Crippen molar-refractivity contribution in [3.8, 4) is 0 Å². The molecule has 1 aromatic rings. The van der Waals surface area contributed by atoms with E-state index in [1.165, 1.54) is 24.0 Å². The fourth-order valence-electron chi connectivity index (χ4n) is 3.59. The summed E-state index contributed by atoms with van der Waals surface area (Å²) >= 11 is 0. The number of carboxylic acid groups (broad SMARTS) is 1. The second kappa shape index (κ2) is 8.00. The maximum Gasteiger partial charge on any atom is 0.317 e. The molecule has 5 heteroatoms. The van der Waals surface area contributed by atoms with E-state index in [2.05, 4.69) is 29.3 Å². The van der Waals surface area contributed by atoms with Gasteiger partial charge < -0.3 is 10.4 Å². The number of carbonyl (C=O) groups is 2. The van der Waals surface area contributed by atoms with Crippen LogP contribution in [0.15, 0.2) is 24.3 Å². The number of carbonyl (C=O) groups excluding carboxylic acids is 1. The van der Waals surface area contributed by atoms with Gasteiger partial charge in [-0.3, -0.25) is 14.5 Å². The van der Waals surface area contributed by atoms with Crippen molar-refractivity contribution in [2.45, 2.75) is 57.5 Å². The van der Waals surface area contributed by atoms with Gasteiger partial charge in [0.05, 0.1) is 6.54 Å². The van der Waals surface area contributed by atoms with E-state index in [0.717, 1.165) is 25.8 Å². The quantitative estimate of drug-likeness (QED) is 0.722. The van der Waals surface area contributed by atoms with Crippen molar-refractivity contribution in [1.29, 1.82) is 0 Å². The van der Waals surface area contributed by atoms with Gasteiger partial charge in [-0.1, -0.05) is 24.3 Å². The Morgan fingerprint density at radius 1 is 1.24 bits per heavy atom. The van der Waals surface area contributed by atoms with E-state index >= 15 is 0 Å². The molecule has 0 heterocycles. The Balaban J connectivity index is 1.39. The Labute approximate surface area is 149 Å². The summed E-state index contributed by atoms with van der Waals surface area (Å²) in [5.74, 6) is 0.0205. The SMILES string of the molecule is Cc1ccccc1CCC(=O)NC1CC(N(CC(=O)O)CC2CC2)C1. The molecule has 2 aliphatic rings. The minimum absolute atomic E-state index is 0.0960. The lowest BCUT2D eigenvalue weighted by atomic mass is 9.85. The molecule has 2 saturated carbocycles. The van der Waals surface area contributed by atoms with Crippen LogP contribution in [0.3, 0.4) is 0 Å². The first-order chi connectivity index (χ1) is 12.0. The molecule has 1 amide bonds. The fraction of sp³-hybridized carbons (Fsp3) is 0.600. The molecule has 0 aromatic heterocycles. The molecule has 0 unspecified atom stereocenters. The van der Waals surface area contributed by atoms with Crippen molar-refractivity contribution in [3.63, 3.8) is 0 Å². The van der Waals surface area contributed by atoms with Gasteiger partial charge in [-0.05, 0) is 56.1 Å². The molecule has 25 heavy (non-hydrogen) atoms. The van der Waals surface area contributed by atoms with Crippen molar-refractivity contribution >= 4 is 11.9 Å². The summed E-state index contributed by atoms with van der Waals surface area (Å²) in [5.41, 5.74) is 2.45. The summed E-state index contributed by atoms with van der Waals surface area (Å²) in [6.07, 6.45) is 5.46. The molecule has 0 spiro atoms. The summed E-state index contributed by atoms with van der Waals surface area (Å²) in [4.78, 5) is 25.3. The van der Waals surface area contributed by atoms with Crippen molar-refractivity contribution < 1.29 is 14.7 Å². The number of nitrogens with one attached hydrogen (secondary N) is 1. The Kier molecular flexibility index (Phi) is 5.74. The second-order valence-electron chi connectivity index (χ2n) is 7.58. The molecular weight excluding hydrogens is 316 g/mol. The molecule has 0 radical (unpaired) electrons. The van der Waals surface area contributed by atoms with Gasteiger partial charge in [0.25, 0.3) is 0 Å². The highest BCUT2D eigenvalue weighted by molar-refractivity contribution is 5.76. The van der Waals surface area contributed by atoms with E-state index in [1.54, 1.807) is 0 Å². The number of hydrogen-bond donors (Lipinski definition) is 2. The van der Waals surface area contributed by atoms with Crippen LogP contribution in [-0.4, -0.2) is 47.1 Å². The number of nitrogens with zero attached hydrogens (tertiary/aromatic N) is 1. The van der Waals surface area contributed by atoms with Gasteiger partial charge in [-0.15, -0.1) is 0 Å². The summed E-state index contributed by atoms with van der Waals surface area (Å²) in [6.45, 7) is 3.08. The van der Waals surface area contributed by atoms with E-state index in [1.807, 2.05) is 12.1 Å². The van der Waals surface area contributed by atoms with E-state index in [-0.39, 0.29) is 18.5 Å². The fourth-order valence-corrected chi connectivity index (χ4v) is 3.59. The summed E-state index contributed by atoms with van der Waals surface area (Å²) < 4.78 is 0. The van der Waals surface area contributed by atoms with Crippen LogP contribution in [0, 0.1) is 12.8 Å². The maximum absolute atomic E-state index is 12.2. The summed E-state index contributed by atoms with van der Waals surface area (Å²) in [5, 5.41) is 12.2. The standard InChI is InChI=1S/C20H28N2O3/c1-14-4-2-3-5-16(14)8-9-19(23)21-17-10-18(11-17)22(13-20(24)25)12-15-6-7-15/h2-5,15,17-18H,6-13H2,1H3,(H,21,23)(H,24,25). The molecule has 1 aromatic carbocycles. The number of rotatable bonds is 9. The molecule has 0 saturated heterocycles. The van der Waals surface area contributed by atoms with Crippen LogP contribution < -0.4 is 5.32 Å². The van der Waals surface area contributed by atoms with Gasteiger partial charge in [-0.2, -0.15) is 0 Å². The van der Waals surface area contributed by atoms with Gasteiger partial charge in [0, 0.05) is 25.0 Å². The van der Waals surface area contributed by atoms with Crippen molar-refractivity contribution in [3.05, 3.63) is 35.4 Å². The Hall–Kier alpha value is -1.88. The Morgan fingerprint density at radius 2 is 1.96 bits per heavy atom. The van der Waals surface area contributed by atoms with Crippen LogP contribution in [0.2, 0.25) is 0 Å². The minimum atomic E-state index is -0.758. The molecule has 3 rings (SSSR count). The molecule has 5 nitrogen and oxygen atoms in total. The van der Waals surface area contributed by atoms with Gasteiger partial charge >= 0.3 is 5.97 Å². The van der Waals surface area contributed by atoms with E-state index < -0.39 is 5.97 Å². The largest absolute Gasteiger partial charge is 0.480 e. The first kappa shape index (κ1) is 17.9. The predicted molar refractivity (Wildman–Crippen MR) is 96.4 cm³/mol. The highest BCUT2D eigenvalue weighted by Crippen LogP contribution is 2.33. The number of carboxylic acids is 1. The molecule has 2 N–H and O–H groups in total. The number of aryl methyl sites for hydroxylation is 2. The lowest BCUT2D eigenvalue weighted by Crippen LogP contribution is -2.55. The molecule has 2 aliphatic carbocycles. The maximum atomic E-state index is 12.2. The highest BCUT2D eigenvalue weighted by Gasteiger charge is 2.37. The van der Waals surface area contributed by atoms with Crippen molar-refractivity contribution in [2.75, 3.05) is 13.1 Å². The smallest absolute Gasteiger partial charge is 0.317 e. The minimum Gasteiger partial charge on any atom is -0.480 e. The Morgan fingerprint density at radius 3 is 2.60 bits per heavy atom. The van der Waals surface area contributed by atoms with Gasteiger partial charge in [0.15, 0.2) is 0 Å². The number of aliphatic carboxylic acids is 1. The summed E-state index contributed by atoms with van der Waals surface area (Å²) in [7, 11) is 0. The topological polar surface area (TPSA) is 69.6 Å². The molecule has 0 aliphatic heterocycles. The molecular formula is C20H28N2O3. The second-order valence-corrected chi connectivity index (χ2v) is 7.58. The van der Waals surface area contributed by atoms with Crippen molar-refractivity contribution in [1.82, 2.24) is 10.2 Å². The normalized spacial score (nSPS) is 22.5. The third-order valence-electron chi connectivity index (χ3n) is 5.41. The van der Waals surface area contributed by atoms with Gasteiger partial charge in [-0.25, -0.2) is 0 Å². The van der Waals surface area contributed by atoms with Crippen molar-refractivity contribution in [2.24, 2.45) is 5.92 Å². The zero-order chi connectivity index (χ0) is 17.8. The average molecular weight is 344 g/mol. The lowest BCUT2D eigenvalue weighted by molar-refractivity contribution is -0.140. The van der Waals surface area contributed by atoms with E-state index in [9.17, 15) is 9.59 Å². The first-order valence-corrected chi connectivity index (χ1v) is 9.31. The highest BCUT2D eigenvalue weighted by atomic mass is 16.4. The van der Waals surface area contributed by atoms with Crippen LogP contribution in [0.5, 0.6) is 0 Å². The zero-order valence-electron chi connectivity index (χ0n) is 14.9. The van der Waals surface area contributed by atoms with Crippen LogP contribution in [0.1, 0.15) is 43.2 Å². The zero-order valence-corrected chi connectivity index (χ0v) is 14.9. The predicted octanol–water partition coefficient (Wildman–Crippen LogP) is 2.37. The monoisotopic (exact) mass is 344 g/mol. The summed E-state index contributed by atoms with van der Waals surface area (Å²) in [6, 6.07) is 8.67. The number of hydrogen-bond acceptors (Lipinski definition) is 3. The Bertz CT molecular complexity index is 621. The third kappa shape index (κ3) is 5.30. The van der Waals surface area contributed by atoms with E-state index in [4.69, 9.17) is 5.11 Å². The lowest BCUT2D eigenvalue weighted by Gasteiger charge is -2.42. The number of benzene rings is 1. The average Bonchev–Trinajstić information content (AvgIpc) is 3.32. The number of amides is 1. The van der Waals surface area contributed by atoms with Crippen LogP contribution >= 0.6 is 0 Å². The van der Waals surface area contributed by atoms with Crippen LogP contribution in [0.25, 0.3) is 0 Å².